The molecule has 1 aromatic heterocycles. The lowest BCUT2D eigenvalue weighted by molar-refractivity contribution is 0.0600. The van der Waals surface area contributed by atoms with Gasteiger partial charge in [0.2, 0.25) is 0 Å². The number of benzene rings is 1. The Hall–Kier alpha value is -2.50. The maximum absolute atomic E-state index is 11.4. The molecule has 0 saturated carbocycles. The molecule has 2 rings (SSSR count). The van der Waals surface area contributed by atoms with Crippen LogP contribution in [-0.4, -0.2) is 29.5 Å². The number of rotatable bonds is 5. The number of aromatic nitrogens is 2. The highest BCUT2D eigenvalue weighted by atomic mass is 16.5. The summed E-state index contributed by atoms with van der Waals surface area (Å²) >= 11 is 0. The number of hydrogen-bond donors (Lipinski definition) is 1. The minimum absolute atomic E-state index is 0.415. The predicted molar refractivity (Wildman–Crippen MR) is 74.6 cm³/mol. The molecule has 0 radical (unpaired) electrons. The number of nitrogens with zero attached hydrogens (tertiary/aromatic N) is 2. The Balaban J connectivity index is 1.99. The fraction of sp³-hybridized carbons (Fsp3) is 0.286. The molecule has 0 aliphatic heterocycles. The van der Waals surface area contributed by atoms with E-state index < -0.39 is 5.97 Å². The average molecular weight is 275 g/mol. The summed E-state index contributed by atoms with van der Waals surface area (Å²) in [5, 5.41) is 4.08. The van der Waals surface area contributed by atoms with Crippen LogP contribution in [0.1, 0.15) is 15.9 Å². The lowest BCUT2D eigenvalue weighted by Gasteiger charge is -2.09. The summed E-state index contributed by atoms with van der Waals surface area (Å²) in [5.41, 5.74) is 7.80. The summed E-state index contributed by atoms with van der Waals surface area (Å²) in [6, 6.07) is 4.82. The molecule has 1 heterocycles. The number of nitrogen functional groups attached to an aromatic ring is 1. The van der Waals surface area contributed by atoms with Gasteiger partial charge in [0.15, 0.2) is 0 Å². The van der Waals surface area contributed by atoms with Gasteiger partial charge < -0.3 is 15.2 Å². The second-order valence-electron chi connectivity index (χ2n) is 4.36. The number of aryl methyl sites for hydroxylation is 1. The molecule has 0 fully saturated rings. The van der Waals surface area contributed by atoms with E-state index in [-0.39, 0.29) is 0 Å². The van der Waals surface area contributed by atoms with Crippen molar-refractivity contribution in [1.82, 2.24) is 9.78 Å². The zero-order chi connectivity index (χ0) is 14.5. The average Bonchev–Trinajstić information content (AvgIpc) is 2.85. The van der Waals surface area contributed by atoms with Crippen molar-refractivity contribution < 1.29 is 14.3 Å². The van der Waals surface area contributed by atoms with Gasteiger partial charge in [-0.3, -0.25) is 4.68 Å². The second-order valence-corrected chi connectivity index (χ2v) is 4.36. The van der Waals surface area contributed by atoms with E-state index in [0.29, 0.717) is 23.6 Å². The number of carbonyl (C=O) groups is 1. The van der Waals surface area contributed by atoms with Crippen molar-refractivity contribution in [3.63, 3.8) is 0 Å². The van der Waals surface area contributed by atoms with Gasteiger partial charge in [-0.25, -0.2) is 4.79 Å². The number of carbonyl (C=O) groups excluding carboxylic acids is 1. The third-order valence-electron chi connectivity index (χ3n) is 2.84. The van der Waals surface area contributed by atoms with Gasteiger partial charge in [0.05, 0.1) is 31.2 Å². The maximum Gasteiger partial charge on any atom is 0.337 e. The first-order valence-corrected chi connectivity index (χ1v) is 6.18. The molecule has 2 aromatic rings. The fourth-order valence-electron chi connectivity index (χ4n) is 1.78. The molecular formula is C14H17N3O3. The lowest BCUT2D eigenvalue weighted by Crippen LogP contribution is -2.06. The van der Waals surface area contributed by atoms with Crippen LogP contribution in [0.5, 0.6) is 5.75 Å². The Morgan fingerprint density at radius 3 is 2.90 bits per heavy atom. The number of esters is 1. The van der Waals surface area contributed by atoms with Crippen molar-refractivity contribution in [1.29, 1.82) is 0 Å². The molecule has 0 atom stereocenters. The number of ether oxygens (including phenoxy) is 2. The second kappa shape index (κ2) is 6.10. The third-order valence-corrected chi connectivity index (χ3v) is 2.84. The van der Waals surface area contributed by atoms with Crippen LogP contribution in [-0.2, 0) is 18.2 Å². The summed E-state index contributed by atoms with van der Waals surface area (Å²) in [4.78, 5) is 11.4. The standard InChI is InChI=1S/C14H17N3O3/c1-17-9-10(8-16-17)5-6-20-13-7-11(14(18)19-2)3-4-12(13)15/h3-4,7-9H,5-6,15H2,1-2H3. The topological polar surface area (TPSA) is 79.4 Å². The van der Waals surface area contributed by atoms with Crippen LogP contribution in [0, 0.1) is 0 Å². The molecule has 6 heteroatoms. The molecule has 106 valence electrons. The first-order chi connectivity index (χ1) is 9.60. The van der Waals surface area contributed by atoms with E-state index >= 15 is 0 Å². The first kappa shape index (κ1) is 13.9. The molecule has 0 bridgehead atoms. The molecule has 1 aromatic carbocycles. The molecule has 20 heavy (non-hydrogen) atoms. The minimum Gasteiger partial charge on any atom is -0.491 e. The molecule has 6 nitrogen and oxygen atoms in total. The van der Waals surface area contributed by atoms with E-state index in [9.17, 15) is 4.79 Å². The van der Waals surface area contributed by atoms with Gasteiger partial charge in [-0.1, -0.05) is 0 Å². The molecule has 2 N–H and O–H groups in total. The highest BCUT2D eigenvalue weighted by molar-refractivity contribution is 5.90. The minimum atomic E-state index is -0.415. The van der Waals surface area contributed by atoms with Gasteiger partial charge in [0, 0.05) is 19.7 Å². The first-order valence-electron chi connectivity index (χ1n) is 6.18. The van der Waals surface area contributed by atoms with Crippen LogP contribution in [0.3, 0.4) is 0 Å². The quantitative estimate of drug-likeness (QED) is 0.659. The maximum atomic E-state index is 11.4. The van der Waals surface area contributed by atoms with Crippen molar-refractivity contribution >= 4 is 11.7 Å². The largest absolute Gasteiger partial charge is 0.491 e. The van der Waals surface area contributed by atoms with Crippen molar-refractivity contribution in [2.24, 2.45) is 7.05 Å². The van der Waals surface area contributed by atoms with Gasteiger partial charge in [-0.15, -0.1) is 0 Å². The van der Waals surface area contributed by atoms with Crippen LogP contribution in [0.4, 0.5) is 5.69 Å². The normalized spacial score (nSPS) is 10.3. The van der Waals surface area contributed by atoms with Crippen LogP contribution in [0.15, 0.2) is 30.6 Å². The van der Waals surface area contributed by atoms with Gasteiger partial charge >= 0.3 is 5.97 Å². The van der Waals surface area contributed by atoms with Crippen molar-refractivity contribution in [2.75, 3.05) is 19.5 Å². The Bertz CT molecular complexity index is 607. The van der Waals surface area contributed by atoms with Gasteiger partial charge in [-0.05, 0) is 23.8 Å². The number of anilines is 1. The Morgan fingerprint density at radius 2 is 2.25 bits per heavy atom. The van der Waals surface area contributed by atoms with E-state index in [1.54, 1.807) is 29.1 Å². The Labute approximate surface area is 117 Å². The summed E-state index contributed by atoms with van der Waals surface area (Å²) in [7, 11) is 3.20. The van der Waals surface area contributed by atoms with Gasteiger partial charge in [-0.2, -0.15) is 5.10 Å². The Morgan fingerprint density at radius 1 is 1.45 bits per heavy atom. The molecular weight excluding hydrogens is 258 g/mol. The predicted octanol–water partition coefficient (Wildman–Crippen LogP) is 1.41. The highest BCUT2D eigenvalue weighted by Gasteiger charge is 2.09. The third kappa shape index (κ3) is 3.28. The summed E-state index contributed by atoms with van der Waals surface area (Å²) < 4.78 is 12.0. The summed E-state index contributed by atoms with van der Waals surface area (Å²) in [6.07, 6.45) is 4.44. The van der Waals surface area contributed by atoms with E-state index in [1.165, 1.54) is 7.11 Å². The zero-order valence-corrected chi connectivity index (χ0v) is 11.5. The smallest absolute Gasteiger partial charge is 0.337 e. The van der Waals surface area contributed by atoms with Crippen molar-refractivity contribution in [3.05, 3.63) is 41.7 Å². The zero-order valence-electron chi connectivity index (χ0n) is 11.5. The molecule has 0 saturated heterocycles. The molecule has 0 amide bonds. The summed E-state index contributed by atoms with van der Waals surface area (Å²) in [6.45, 7) is 0.459. The van der Waals surface area contributed by atoms with E-state index in [4.69, 9.17) is 10.5 Å². The van der Waals surface area contributed by atoms with Gasteiger partial charge in [0.25, 0.3) is 0 Å². The molecule has 0 aliphatic rings. The van der Waals surface area contributed by atoms with Crippen LogP contribution >= 0.6 is 0 Å². The summed E-state index contributed by atoms with van der Waals surface area (Å²) in [5.74, 6) is 0.0684. The highest BCUT2D eigenvalue weighted by Crippen LogP contribution is 2.23. The Kier molecular flexibility index (Phi) is 4.24. The van der Waals surface area contributed by atoms with Crippen LogP contribution in [0.25, 0.3) is 0 Å². The SMILES string of the molecule is COC(=O)c1ccc(N)c(OCCc2cnn(C)c2)c1. The van der Waals surface area contributed by atoms with E-state index in [1.807, 2.05) is 13.2 Å². The molecule has 0 spiro atoms. The van der Waals surface area contributed by atoms with Crippen LogP contribution in [0.2, 0.25) is 0 Å². The van der Waals surface area contributed by atoms with Crippen molar-refractivity contribution in [2.45, 2.75) is 6.42 Å². The van der Waals surface area contributed by atoms with E-state index in [0.717, 1.165) is 12.0 Å². The van der Waals surface area contributed by atoms with Crippen molar-refractivity contribution in [3.8, 4) is 5.75 Å². The number of methoxy groups -OCH3 is 1. The monoisotopic (exact) mass is 275 g/mol. The number of nitrogens with two attached hydrogens (primary N) is 1. The molecule has 0 aliphatic carbocycles. The fourth-order valence-corrected chi connectivity index (χ4v) is 1.78. The lowest BCUT2D eigenvalue weighted by atomic mass is 10.2. The van der Waals surface area contributed by atoms with Gasteiger partial charge in [0.1, 0.15) is 5.75 Å². The number of hydrogen-bond acceptors (Lipinski definition) is 5. The van der Waals surface area contributed by atoms with Crippen LogP contribution < -0.4 is 10.5 Å². The van der Waals surface area contributed by atoms with E-state index in [2.05, 4.69) is 9.84 Å². The molecule has 0 unspecified atom stereocenters.